The van der Waals surface area contributed by atoms with Crippen LogP contribution in [0.5, 0.6) is 0 Å². The number of rotatable bonds is 5. The van der Waals surface area contributed by atoms with E-state index >= 15 is 0 Å². The molecular weight excluding hydrogens is 396 g/mol. The Balaban J connectivity index is 1.70. The number of hydrogen-bond donors (Lipinski definition) is 3. The fourth-order valence-electron chi connectivity index (χ4n) is 3.49. The summed E-state index contributed by atoms with van der Waals surface area (Å²) in [5.74, 6) is 1.48. The van der Waals surface area contributed by atoms with Gasteiger partial charge < -0.3 is 5.32 Å². The predicted octanol–water partition coefficient (Wildman–Crippen LogP) is 0.744. The molecule has 1 saturated heterocycles. The largest absolute Gasteiger partial charge is 0.344 e. The summed E-state index contributed by atoms with van der Waals surface area (Å²) in [4.78, 5) is 37.5. The molecule has 2 aliphatic rings. The van der Waals surface area contributed by atoms with E-state index in [1.807, 2.05) is 0 Å². The minimum Gasteiger partial charge on any atom is -0.322 e. The predicted molar refractivity (Wildman–Crippen MR) is 104 cm³/mol. The van der Waals surface area contributed by atoms with Crippen molar-refractivity contribution in [2.75, 3.05) is 6.54 Å². The maximum absolute atomic E-state index is 12.8. The van der Waals surface area contributed by atoms with Crippen LogP contribution in [0.25, 0.3) is 0 Å². The Bertz CT molecular complexity index is 973. The van der Waals surface area contributed by atoms with E-state index < -0.39 is 33.4 Å². The van der Waals surface area contributed by atoms with Crippen molar-refractivity contribution in [1.82, 2.24) is 20.5 Å². The summed E-state index contributed by atoms with van der Waals surface area (Å²) in [5.41, 5.74) is 1.45. The van der Waals surface area contributed by atoms with Gasteiger partial charge in [0.25, 0.3) is 11.8 Å². The number of carbonyl (C=O) groups excluding carboxylic acids is 3. The molecule has 1 aliphatic carbocycles. The maximum atomic E-state index is 12.8. The molecule has 0 bridgehead atoms. The highest BCUT2D eigenvalue weighted by molar-refractivity contribution is 7.89. The van der Waals surface area contributed by atoms with Crippen LogP contribution >= 0.6 is 0 Å². The number of nitrogens with zero attached hydrogens (tertiary/aromatic N) is 1. The summed E-state index contributed by atoms with van der Waals surface area (Å²) >= 11 is 0. The van der Waals surface area contributed by atoms with Gasteiger partial charge in [-0.3, -0.25) is 15.0 Å². The second-order valence-corrected chi connectivity index (χ2v) is 9.10. The standard InChI is InChI=1S/C19H22N4O5S/c1-3-12-20-29(27,28)15-6-4-14(5-7-15)16(24)22-23-17(25)19(21-18(23)26)10-8-13(2)9-11-19/h1,4-7,13,20H,8-12H2,2H3,(H,21,26)(H,22,24). The van der Waals surface area contributed by atoms with Gasteiger partial charge in [-0.05, 0) is 55.9 Å². The molecule has 1 saturated carbocycles. The van der Waals surface area contributed by atoms with E-state index in [9.17, 15) is 22.8 Å². The Morgan fingerprint density at radius 3 is 2.48 bits per heavy atom. The lowest BCUT2D eigenvalue weighted by atomic mass is 9.77. The molecule has 4 amide bonds. The number of amides is 4. The monoisotopic (exact) mass is 418 g/mol. The number of imide groups is 1. The maximum Gasteiger partial charge on any atom is 0.344 e. The molecule has 29 heavy (non-hydrogen) atoms. The van der Waals surface area contributed by atoms with E-state index in [1.165, 1.54) is 24.3 Å². The number of sulfonamides is 1. The number of hydrogen-bond acceptors (Lipinski definition) is 5. The van der Waals surface area contributed by atoms with Crippen molar-refractivity contribution < 1.29 is 22.8 Å². The Morgan fingerprint density at radius 1 is 1.28 bits per heavy atom. The van der Waals surface area contributed by atoms with Crippen molar-refractivity contribution in [2.24, 2.45) is 5.92 Å². The zero-order valence-electron chi connectivity index (χ0n) is 15.9. The first-order valence-corrected chi connectivity index (χ1v) is 10.7. The highest BCUT2D eigenvalue weighted by Crippen LogP contribution is 2.35. The SMILES string of the molecule is C#CCNS(=O)(=O)c1ccc(C(=O)NN2C(=O)NC3(CCC(C)CC3)C2=O)cc1. The lowest BCUT2D eigenvalue weighted by Crippen LogP contribution is -2.51. The smallest absolute Gasteiger partial charge is 0.322 e. The molecule has 0 unspecified atom stereocenters. The molecule has 154 valence electrons. The van der Waals surface area contributed by atoms with Crippen LogP contribution in [0.3, 0.4) is 0 Å². The summed E-state index contributed by atoms with van der Waals surface area (Å²) in [7, 11) is -3.78. The van der Waals surface area contributed by atoms with Crippen LogP contribution in [0.1, 0.15) is 43.0 Å². The molecule has 3 rings (SSSR count). The lowest BCUT2D eigenvalue weighted by molar-refractivity contribution is -0.134. The average molecular weight is 418 g/mol. The van der Waals surface area contributed by atoms with Gasteiger partial charge >= 0.3 is 6.03 Å². The van der Waals surface area contributed by atoms with Crippen LogP contribution in [0.15, 0.2) is 29.2 Å². The van der Waals surface area contributed by atoms with Crippen molar-refractivity contribution in [2.45, 2.75) is 43.0 Å². The highest BCUT2D eigenvalue weighted by Gasteiger charge is 2.52. The van der Waals surface area contributed by atoms with E-state index in [4.69, 9.17) is 6.42 Å². The molecule has 3 N–H and O–H groups in total. The Kier molecular flexibility index (Phi) is 5.64. The third-order valence-corrected chi connectivity index (χ3v) is 6.71. The van der Waals surface area contributed by atoms with E-state index in [2.05, 4.69) is 28.3 Å². The molecule has 2 fully saturated rings. The summed E-state index contributed by atoms with van der Waals surface area (Å²) < 4.78 is 26.2. The van der Waals surface area contributed by atoms with Crippen LogP contribution in [-0.2, 0) is 14.8 Å². The summed E-state index contributed by atoms with van der Waals surface area (Å²) in [6.45, 7) is 1.94. The van der Waals surface area contributed by atoms with Gasteiger partial charge in [-0.1, -0.05) is 12.8 Å². The molecular formula is C19H22N4O5S. The van der Waals surface area contributed by atoms with Gasteiger partial charge in [-0.15, -0.1) is 6.42 Å². The van der Waals surface area contributed by atoms with Crippen molar-refractivity contribution in [3.05, 3.63) is 29.8 Å². The number of hydrazine groups is 1. The van der Waals surface area contributed by atoms with E-state index in [-0.39, 0.29) is 17.0 Å². The normalized spacial score (nSPS) is 24.3. The molecule has 9 nitrogen and oxygen atoms in total. The molecule has 10 heteroatoms. The third kappa shape index (κ3) is 4.11. The fourth-order valence-corrected chi connectivity index (χ4v) is 4.42. The first-order chi connectivity index (χ1) is 13.7. The summed E-state index contributed by atoms with van der Waals surface area (Å²) in [5, 5.41) is 3.42. The van der Waals surface area contributed by atoms with Crippen LogP contribution in [0, 0.1) is 18.3 Å². The first kappa shape index (κ1) is 20.8. The minimum absolute atomic E-state index is 0.0606. The van der Waals surface area contributed by atoms with Gasteiger partial charge in [0, 0.05) is 5.56 Å². The van der Waals surface area contributed by atoms with Crippen molar-refractivity contribution >= 4 is 27.9 Å². The van der Waals surface area contributed by atoms with Gasteiger partial charge in [-0.2, -0.15) is 9.73 Å². The van der Waals surface area contributed by atoms with Gasteiger partial charge in [0.2, 0.25) is 10.0 Å². The molecule has 0 aromatic heterocycles. The lowest BCUT2D eigenvalue weighted by Gasteiger charge is -2.33. The van der Waals surface area contributed by atoms with E-state index in [0.717, 1.165) is 12.8 Å². The zero-order chi connectivity index (χ0) is 21.2. The van der Waals surface area contributed by atoms with Crippen molar-refractivity contribution in [3.8, 4) is 12.3 Å². The second kappa shape index (κ2) is 7.85. The number of nitrogens with one attached hydrogen (secondary N) is 3. The second-order valence-electron chi connectivity index (χ2n) is 7.33. The molecule has 1 heterocycles. The fraction of sp³-hybridized carbons (Fsp3) is 0.421. The zero-order valence-corrected chi connectivity index (χ0v) is 16.7. The van der Waals surface area contributed by atoms with E-state index in [0.29, 0.717) is 23.8 Å². The van der Waals surface area contributed by atoms with Crippen LogP contribution < -0.4 is 15.5 Å². The number of carbonyl (C=O) groups is 3. The van der Waals surface area contributed by atoms with E-state index in [1.54, 1.807) is 0 Å². The number of urea groups is 1. The number of benzene rings is 1. The topological polar surface area (TPSA) is 125 Å². The summed E-state index contributed by atoms with van der Waals surface area (Å²) in [6.07, 6.45) is 7.74. The Labute approximate surface area is 169 Å². The molecule has 0 atom stereocenters. The van der Waals surface area contributed by atoms with Crippen LogP contribution in [0.4, 0.5) is 4.79 Å². The van der Waals surface area contributed by atoms with Crippen LogP contribution in [0.2, 0.25) is 0 Å². The molecule has 0 radical (unpaired) electrons. The molecule has 1 aliphatic heterocycles. The van der Waals surface area contributed by atoms with Gasteiger partial charge in [0.1, 0.15) is 5.54 Å². The Hall–Kier alpha value is -2.90. The van der Waals surface area contributed by atoms with Gasteiger partial charge in [0.15, 0.2) is 0 Å². The minimum atomic E-state index is -3.78. The summed E-state index contributed by atoms with van der Waals surface area (Å²) in [6, 6.07) is 4.38. The van der Waals surface area contributed by atoms with Crippen molar-refractivity contribution in [3.63, 3.8) is 0 Å². The molecule has 1 aromatic rings. The highest BCUT2D eigenvalue weighted by atomic mass is 32.2. The van der Waals surface area contributed by atoms with Gasteiger partial charge in [0.05, 0.1) is 11.4 Å². The van der Waals surface area contributed by atoms with Gasteiger partial charge in [-0.25, -0.2) is 13.2 Å². The average Bonchev–Trinajstić information content (AvgIpc) is 2.93. The van der Waals surface area contributed by atoms with Crippen LogP contribution in [-0.4, -0.2) is 43.4 Å². The Morgan fingerprint density at radius 2 is 1.90 bits per heavy atom. The number of terminal acetylenes is 1. The first-order valence-electron chi connectivity index (χ1n) is 9.19. The van der Waals surface area contributed by atoms with Crippen molar-refractivity contribution in [1.29, 1.82) is 0 Å². The third-order valence-electron chi connectivity index (χ3n) is 5.29. The quantitative estimate of drug-likeness (QED) is 0.481. The molecule has 1 aromatic carbocycles. The molecule has 1 spiro atoms.